The fraction of sp³-hybridized carbons (Fsp3) is 0.900. The van der Waals surface area contributed by atoms with Crippen LogP contribution < -0.4 is 0 Å². The van der Waals surface area contributed by atoms with Gasteiger partial charge in [-0.3, -0.25) is 14.3 Å². The highest BCUT2D eigenvalue weighted by Gasteiger charge is 2.88. The van der Waals surface area contributed by atoms with Crippen molar-refractivity contribution < 1.29 is 102 Å². The molecule has 1 atom stereocenters. The number of carbonyl (C=O) groups is 1. The Morgan fingerprint density at radius 2 is 0.788 bits per heavy atom. The van der Waals surface area contributed by atoms with Crippen molar-refractivity contribution in [1.82, 2.24) is 0 Å². The summed E-state index contributed by atoms with van der Waals surface area (Å²) in [5.41, 5.74) is -7.81. The Labute approximate surface area is 164 Å². The maximum absolute atomic E-state index is 13.7. The molecule has 23 heteroatoms. The number of rotatable bonds is 7. The van der Waals surface area contributed by atoms with Crippen LogP contribution in [0.25, 0.3) is 0 Å². The molecule has 0 saturated heterocycles. The Kier molecular flexibility index (Phi) is 7.43. The van der Waals surface area contributed by atoms with Gasteiger partial charge >= 0.3 is 60.3 Å². The van der Waals surface area contributed by atoms with E-state index >= 15 is 0 Å². The number of alkyl halides is 19. The van der Waals surface area contributed by atoms with E-state index in [-0.39, 0.29) is 0 Å². The quantitative estimate of drug-likeness (QED) is 0.290. The maximum atomic E-state index is 13.7. The van der Waals surface area contributed by atoms with E-state index in [1.54, 1.807) is 0 Å². The largest absolute Gasteiger partial charge is 0.462 e. The first-order valence-electron chi connectivity index (χ1n) is 6.55. The van der Waals surface area contributed by atoms with Gasteiger partial charge in [0.1, 0.15) is 0 Å². The molecule has 0 aliphatic heterocycles. The zero-order valence-electron chi connectivity index (χ0n) is 13.8. The highest BCUT2D eigenvalue weighted by molar-refractivity contribution is 5.81. The second-order valence-corrected chi connectivity index (χ2v) is 5.35. The minimum absolute atomic E-state index is 1.06. The first-order chi connectivity index (χ1) is 13.9. The molecule has 0 aromatic carbocycles. The van der Waals surface area contributed by atoms with Crippen molar-refractivity contribution in [2.24, 2.45) is 0 Å². The Morgan fingerprint density at radius 1 is 0.455 bits per heavy atom. The molecule has 33 heavy (non-hydrogen) atoms. The molecule has 0 spiro atoms. The van der Waals surface area contributed by atoms with Gasteiger partial charge in [-0.1, -0.05) is 0 Å². The monoisotopic (exact) mass is 548 g/mol. The van der Waals surface area contributed by atoms with Gasteiger partial charge in [-0.25, -0.2) is 0 Å². The molecule has 1 unspecified atom stereocenters. The minimum atomic E-state index is -8.44. The van der Waals surface area contributed by atoms with Crippen molar-refractivity contribution in [3.05, 3.63) is 0 Å². The van der Waals surface area contributed by atoms with E-state index in [1.165, 1.54) is 4.74 Å². The van der Waals surface area contributed by atoms with Gasteiger partial charge in [0.05, 0.1) is 0 Å². The van der Waals surface area contributed by atoms with Crippen LogP contribution in [0.1, 0.15) is 0 Å². The lowest BCUT2D eigenvalue weighted by atomic mass is 10.0. The summed E-state index contributed by atoms with van der Waals surface area (Å²) in [6.07, 6.45) is -48.4. The first-order valence-corrected chi connectivity index (χ1v) is 6.55. The lowest BCUT2D eigenvalue weighted by Gasteiger charge is -2.41. The molecule has 0 fully saturated rings. The number of hydrogen-bond acceptors (Lipinski definition) is 3. The second kappa shape index (κ2) is 7.86. The number of ether oxygens (including phenoxy) is 2. The van der Waals surface area contributed by atoms with Crippen molar-refractivity contribution in [2.75, 3.05) is 0 Å². The van der Waals surface area contributed by atoms with Gasteiger partial charge < -0.3 is 0 Å². The Balaban J connectivity index is 7.06. The SMILES string of the molecule is O=C(F)C(OC(F)(F)C(F)(OC(F)(F)C(F)(F)C(F)(F)F)C(F)(F)F)(C(F)(F)F)C(F)(F)F. The third-order valence-electron chi connectivity index (χ3n) is 3.09. The van der Waals surface area contributed by atoms with Gasteiger partial charge in [-0.05, 0) is 0 Å². The van der Waals surface area contributed by atoms with Crippen LogP contribution in [0.4, 0.5) is 87.8 Å². The first kappa shape index (κ1) is 31.2. The van der Waals surface area contributed by atoms with Gasteiger partial charge in [-0.2, -0.15) is 87.8 Å². The summed E-state index contributed by atoms with van der Waals surface area (Å²) < 4.78 is 255. The summed E-state index contributed by atoms with van der Waals surface area (Å²) in [5, 5.41) is 0. The van der Waals surface area contributed by atoms with E-state index in [0.29, 0.717) is 0 Å². The normalized spacial score (nSPS) is 17.7. The summed E-state index contributed by atoms with van der Waals surface area (Å²) in [4.78, 5) is 10.2. The predicted molar refractivity (Wildman–Crippen MR) is 53.9 cm³/mol. The van der Waals surface area contributed by atoms with Crippen molar-refractivity contribution in [3.8, 4) is 0 Å². The van der Waals surface area contributed by atoms with Gasteiger partial charge in [0.2, 0.25) is 0 Å². The summed E-state index contributed by atoms with van der Waals surface area (Å²) in [7, 11) is 0. The van der Waals surface area contributed by atoms with E-state index in [9.17, 15) is 92.6 Å². The molecule has 0 rings (SSSR count). The van der Waals surface area contributed by atoms with Crippen LogP contribution in [0.3, 0.4) is 0 Å². The molecule has 3 nitrogen and oxygen atoms in total. The van der Waals surface area contributed by atoms with Crippen molar-refractivity contribution in [2.45, 2.75) is 54.3 Å². The summed E-state index contributed by atoms with van der Waals surface area (Å²) in [6, 6.07) is -5.22. The van der Waals surface area contributed by atoms with Gasteiger partial charge in [0.25, 0.3) is 0 Å². The third kappa shape index (κ3) is 4.87. The summed E-state index contributed by atoms with van der Waals surface area (Å²) in [6.45, 7) is 0. The lowest BCUT2D eigenvalue weighted by Crippen LogP contribution is -2.71. The van der Waals surface area contributed by atoms with Crippen LogP contribution in [-0.2, 0) is 14.3 Å². The minimum Gasteiger partial charge on any atom is -0.281 e. The smallest absolute Gasteiger partial charge is 0.281 e. The summed E-state index contributed by atoms with van der Waals surface area (Å²) in [5.74, 6) is -16.5. The van der Waals surface area contributed by atoms with Crippen LogP contribution in [0.15, 0.2) is 0 Å². The molecular formula is C10F20O3. The number of halogens is 20. The molecule has 0 radical (unpaired) electrons. The molecule has 0 heterocycles. The van der Waals surface area contributed by atoms with Crippen LogP contribution >= 0.6 is 0 Å². The highest BCUT2D eigenvalue weighted by Crippen LogP contribution is 2.58. The molecule has 0 bridgehead atoms. The van der Waals surface area contributed by atoms with Crippen molar-refractivity contribution in [3.63, 3.8) is 0 Å². The molecule has 198 valence electrons. The van der Waals surface area contributed by atoms with Gasteiger partial charge in [0, 0.05) is 0 Å². The zero-order valence-corrected chi connectivity index (χ0v) is 13.8. The molecule has 0 aromatic rings. The van der Waals surface area contributed by atoms with Gasteiger partial charge in [-0.15, -0.1) is 0 Å². The molecule has 0 amide bonds. The fourth-order valence-electron chi connectivity index (χ4n) is 1.49. The standard InChI is InChI=1S/C10F20O3/c11-1(31)2(5(15,16)17,6(18,19)20)32-10(29,30)4(14,8(24,25)26)33-9(27,28)3(12,13)7(21,22)23. The molecular weight excluding hydrogens is 548 g/mol. The average Bonchev–Trinajstić information content (AvgIpc) is 2.46. The molecule has 0 saturated carbocycles. The summed E-state index contributed by atoms with van der Waals surface area (Å²) >= 11 is 0. The van der Waals surface area contributed by atoms with Crippen LogP contribution in [0, 0.1) is 0 Å². The molecule has 0 aliphatic carbocycles. The predicted octanol–water partition coefficient (Wildman–Crippen LogP) is 5.99. The fourth-order valence-corrected chi connectivity index (χ4v) is 1.49. The molecule has 0 aliphatic rings. The average molecular weight is 548 g/mol. The van der Waals surface area contributed by atoms with E-state index in [0.717, 1.165) is 4.74 Å². The number of hydrogen-bond donors (Lipinski definition) is 0. The van der Waals surface area contributed by atoms with Crippen LogP contribution in [-0.4, -0.2) is 60.3 Å². The van der Waals surface area contributed by atoms with Crippen molar-refractivity contribution in [1.29, 1.82) is 0 Å². The zero-order chi connectivity index (χ0) is 27.5. The van der Waals surface area contributed by atoms with Gasteiger partial charge in [0.15, 0.2) is 0 Å². The Morgan fingerprint density at radius 3 is 1.00 bits per heavy atom. The van der Waals surface area contributed by atoms with E-state index in [4.69, 9.17) is 0 Å². The topological polar surface area (TPSA) is 35.5 Å². The Hall–Kier alpha value is -1.81. The van der Waals surface area contributed by atoms with E-state index in [1.807, 2.05) is 0 Å². The highest BCUT2D eigenvalue weighted by atomic mass is 19.4. The lowest BCUT2D eigenvalue weighted by molar-refractivity contribution is -0.550. The van der Waals surface area contributed by atoms with Crippen LogP contribution in [0.2, 0.25) is 0 Å². The Bertz CT molecular complexity index is 710. The van der Waals surface area contributed by atoms with E-state index < -0.39 is 60.3 Å². The van der Waals surface area contributed by atoms with Crippen molar-refractivity contribution >= 4 is 6.04 Å². The third-order valence-corrected chi connectivity index (χ3v) is 3.09. The molecule has 0 N–H and O–H groups in total. The second-order valence-electron chi connectivity index (χ2n) is 5.35. The number of carbonyl (C=O) groups excluding carboxylic acids is 1. The molecule has 0 aromatic heterocycles. The van der Waals surface area contributed by atoms with Crippen LogP contribution in [0.5, 0.6) is 0 Å². The maximum Gasteiger partial charge on any atom is 0.462 e. The van der Waals surface area contributed by atoms with E-state index in [2.05, 4.69) is 0 Å².